The van der Waals surface area contributed by atoms with Gasteiger partial charge in [0.25, 0.3) is 0 Å². The number of nitrogen functional groups attached to an aromatic ring is 2. The number of nitrogens with two attached hydrogens (primary N) is 2. The van der Waals surface area contributed by atoms with Crippen molar-refractivity contribution in [2.24, 2.45) is 5.92 Å². The minimum atomic E-state index is 0.630. The predicted molar refractivity (Wildman–Crippen MR) is 83.3 cm³/mol. The lowest BCUT2D eigenvalue weighted by atomic mass is 10.0. The van der Waals surface area contributed by atoms with Crippen molar-refractivity contribution in [3.63, 3.8) is 0 Å². The molecule has 0 atom stereocenters. The molecule has 0 unspecified atom stereocenters. The van der Waals surface area contributed by atoms with E-state index in [-0.39, 0.29) is 0 Å². The fourth-order valence-electron chi connectivity index (χ4n) is 3.20. The lowest BCUT2D eigenvalue weighted by Crippen LogP contribution is -2.05. The Morgan fingerprint density at radius 1 is 1.10 bits per heavy atom. The van der Waals surface area contributed by atoms with Crippen LogP contribution in [0.5, 0.6) is 0 Å². The molecule has 1 heterocycles. The molecule has 0 bridgehead atoms. The van der Waals surface area contributed by atoms with E-state index >= 15 is 0 Å². The highest BCUT2D eigenvalue weighted by Gasteiger charge is 2.15. The van der Waals surface area contributed by atoms with Crippen molar-refractivity contribution < 1.29 is 0 Å². The van der Waals surface area contributed by atoms with Crippen LogP contribution in [0.1, 0.15) is 38.5 Å². The molecule has 0 amide bonds. The van der Waals surface area contributed by atoms with Gasteiger partial charge >= 0.3 is 0 Å². The molecule has 4 N–H and O–H groups in total. The standard InChI is InChI=1S/C15H22N6/c16-13-8-12(9-14(17)10-13)15-18-19-20-21(15)7-3-6-11-4-1-2-5-11/h8-11H,1-7,16-17H2. The van der Waals surface area contributed by atoms with Crippen LogP contribution in [-0.2, 0) is 6.54 Å². The Kier molecular flexibility index (Phi) is 4.03. The summed E-state index contributed by atoms with van der Waals surface area (Å²) in [5.74, 6) is 1.63. The van der Waals surface area contributed by atoms with Gasteiger partial charge in [-0.15, -0.1) is 5.10 Å². The van der Waals surface area contributed by atoms with Gasteiger partial charge in [-0.1, -0.05) is 25.7 Å². The molecule has 1 fully saturated rings. The monoisotopic (exact) mass is 286 g/mol. The highest BCUT2D eigenvalue weighted by molar-refractivity contribution is 5.67. The van der Waals surface area contributed by atoms with Gasteiger partial charge in [0.1, 0.15) is 0 Å². The first-order valence-electron chi connectivity index (χ1n) is 7.65. The van der Waals surface area contributed by atoms with Crippen LogP contribution in [0.2, 0.25) is 0 Å². The van der Waals surface area contributed by atoms with Crippen molar-refractivity contribution in [1.82, 2.24) is 20.2 Å². The molecular formula is C15H22N6. The Hall–Kier alpha value is -2.11. The number of tetrazole rings is 1. The largest absolute Gasteiger partial charge is 0.399 e. The molecule has 0 radical (unpaired) electrons. The van der Waals surface area contributed by atoms with Crippen molar-refractivity contribution in [3.05, 3.63) is 18.2 Å². The molecule has 112 valence electrons. The number of aryl methyl sites for hydroxylation is 1. The minimum Gasteiger partial charge on any atom is -0.399 e. The van der Waals surface area contributed by atoms with Gasteiger partial charge in [0.05, 0.1) is 0 Å². The third kappa shape index (κ3) is 3.32. The first-order valence-corrected chi connectivity index (χ1v) is 7.65. The molecular weight excluding hydrogens is 264 g/mol. The quantitative estimate of drug-likeness (QED) is 0.823. The summed E-state index contributed by atoms with van der Waals surface area (Å²) >= 11 is 0. The first-order chi connectivity index (χ1) is 10.2. The molecule has 1 aromatic carbocycles. The molecule has 21 heavy (non-hydrogen) atoms. The zero-order chi connectivity index (χ0) is 14.7. The maximum atomic E-state index is 5.84. The summed E-state index contributed by atoms with van der Waals surface area (Å²) in [6.07, 6.45) is 7.92. The second-order valence-electron chi connectivity index (χ2n) is 5.91. The smallest absolute Gasteiger partial charge is 0.182 e. The maximum absolute atomic E-state index is 5.84. The highest BCUT2D eigenvalue weighted by atomic mass is 15.5. The van der Waals surface area contributed by atoms with E-state index in [0.29, 0.717) is 11.4 Å². The average Bonchev–Trinajstić information content (AvgIpc) is 3.08. The second kappa shape index (κ2) is 6.11. The van der Waals surface area contributed by atoms with Crippen LogP contribution in [0.3, 0.4) is 0 Å². The van der Waals surface area contributed by atoms with E-state index in [1.165, 1.54) is 32.1 Å². The topological polar surface area (TPSA) is 95.6 Å². The predicted octanol–water partition coefficient (Wildman–Crippen LogP) is 2.47. The third-order valence-corrected chi connectivity index (χ3v) is 4.22. The number of nitrogens with zero attached hydrogens (tertiary/aromatic N) is 4. The van der Waals surface area contributed by atoms with E-state index in [4.69, 9.17) is 11.5 Å². The first kappa shape index (κ1) is 13.9. The molecule has 2 aromatic rings. The van der Waals surface area contributed by atoms with E-state index in [1.807, 2.05) is 16.8 Å². The maximum Gasteiger partial charge on any atom is 0.182 e. The fraction of sp³-hybridized carbons (Fsp3) is 0.533. The van der Waals surface area contributed by atoms with Gasteiger partial charge in [0, 0.05) is 23.5 Å². The van der Waals surface area contributed by atoms with E-state index in [0.717, 1.165) is 30.3 Å². The summed E-state index contributed by atoms with van der Waals surface area (Å²) in [7, 11) is 0. The van der Waals surface area contributed by atoms with Gasteiger partial charge < -0.3 is 11.5 Å². The van der Waals surface area contributed by atoms with E-state index < -0.39 is 0 Å². The zero-order valence-electron chi connectivity index (χ0n) is 12.2. The second-order valence-corrected chi connectivity index (χ2v) is 5.91. The van der Waals surface area contributed by atoms with Gasteiger partial charge in [-0.3, -0.25) is 0 Å². The van der Waals surface area contributed by atoms with Crippen LogP contribution < -0.4 is 11.5 Å². The summed E-state index contributed by atoms with van der Waals surface area (Å²) in [5, 5.41) is 12.0. The number of hydrogen-bond acceptors (Lipinski definition) is 5. The van der Waals surface area contributed by atoms with E-state index in [9.17, 15) is 0 Å². The molecule has 0 aliphatic heterocycles. The van der Waals surface area contributed by atoms with Gasteiger partial charge in [0.15, 0.2) is 5.82 Å². The molecule has 0 saturated heterocycles. The molecule has 1 saturated carbocycles. The summed E-state index contributed by atoms with van der Waals surface area (Å²) in [5.41, 5.74) is 13.8. The molecule has 1 aliphatic rings. The molecule has 3 rings (SSSR count). The Balaban J connectivity index is 1.68. The van der Waals surface area contributed by atoms with Gasteiger partial charge in [-0.2, -0.15) is 0 Å². The SMILES string of the molecule is Nc1cc(N)cc(-c2nnnn2CCCC2CCCC2)c1. The Morgan fingerprint density at radius 3 is 2.52 bits per heavy atom. The minimum absolute atomic E-state index is 0.630. The third-order valence-electron chi connectivity index (χ3n) is 4.22. The van der Waals surface area contributed by atoms with Gasteiger partial charge in [-0.05, 0) is 47.4 Å². The van der Waals surface area contributed by atoms with Gasteiger partial charge in [0.2, 0.25) is 0 Å². The molecule has 0 spiro atoms. The normalized spacial score (nSPS) is 15.6. The van der Waals surface area contributed by atoms with Crippen LogP contribution in [0.15, 0.2) is 18.2 Å². The van der Waals surface area contributed by atoms with E-state index in [1.54, 1.807) is 6.07 Å². The number of hydrogen-bond donors (Lipinski definition) is 2. The summed E-state index contributed by atoms with van der Waals surface area (Å²) < 4.78 is 1.85. The number of benzene rings is 1. The fourth-order valence-corrected chi connectivity index (χ4v) is 3.20. The van der Waals surface area contributed by atoms with Gasteiger partial charge in [-0.25, -0.2) is 4.68 Å². The van der Waals surface area contributed by atoms with Crippen LogP contribution >= 0.6 is 0 Å². The van der Waals surface area contributed by atoms with Crippen molar-refractivity contribution in [1.29, 1.82) is 0 Å². The summed E-state index contributed by atoms with van der Waals surface area (Å²) in [6.45, 7) is 0.841. The average molecular weight is 286 g/mol. The van der Waals surface area contributed by atoms with Crippen molar-refractivity contribution >= 4 is 11.4 Å². The van der Waals surface area contributed by atoms with Crippen LogP contribution in [0.25, 0.3) is 11.4 Å². The van der Waals surface area contributed by atoms with Crippen molar-refractivity contribution in [3.8, 4) is 11.4 Å². The number of rotatable bonds is 5. The number of anilines is 2. The molecule has 6 heteroatoms. The molecule has 6 nitrogen and oxygen atoms in total. The Morgan fingerprint density at radius 2 is 1.81 bits per heavy atom. The highest BCUT2D eigenvalue weighted by Crippen LogP contribution is 2.29. The number of aromatic nitrogens is 4. The van der Waals surface area contributed by atoms with Crippen molar-refractivity contribution in [2.75, 3.05) is 11.5 Å². The Labute approximate surface area is 124 Å². The summed E-state index contributed by atoms with van der Waals surface area (Å²) in [6, 6.07) is 5.45. The van der Waals surface area contributed by atoms with Crippen LogP contribution in [-0.4, -0.2) is 20.2 Å². The Bertz CT molecular complexity index is 580. The molecule has 1 aliphatic carbocycles. The lowest BCUT2D eigenvalue weighted by molar-refractivity contribution is 0.444. The summed E-state index contributed by atoms with van der Waals surface area (Å²) in [4.78, 5) is 0. The zero-order valence-corrected chi connectivity index (χ0v) is 12.2. The van der Waals surface area contributed by atoms with Crippen LogP contribution in [0.4, 0.5) is 11.4 Å². The lowest BCUT2D eigenvalue weighted by Gasteiger charge is -2.09. The van der Waals surface area contributed by atoms with Crippen LogP contribution in [0, 0.1) is 5.92 Å². The van der Waals surface area contributed by atoms with E-state index in [2.05, 4.69) is 15.5 Å². The van der Waals surface area contributed by atoms with Crippen molar-refractivity contribution in [2.45, 2.75) is 45.1 Å². The molecule has 1 aromatic heterocycles.